The van der Waals surface area contributed by atoms with Crippen LogP contribution in [0.2, 0.25) is 10.0 Å². The molecule has 1 unspecified atom stereocenters. The summed E-state index contributed by atoms with van der Waals surface area (Å²) in [5.74, 6) is 2.11. The van der Waals surface area contributed by atoms with Crippen molar-refractivity contribution in [2.24, 2.45) is 0 Å². The average Bonchev–Trinajstić information content (AvgIpc) is 3.13. The summed E-state index contributed by atoms with van der Waals surface area (Å²) >= 11 is 12.1. The van der Waals surface area contributed by atoms with Gasteiger partial charge in [-0.2, -0.15) is 4.98 Å². The number of aromatic nitrogens is 4. The molecule has 1 fully saturated rings. The Morgan fingerprint density at radius 1 is 1.16 bits per heavy atom. The van der Waals surface area contributed by atoms with Gasteiger partial charge in [-0.15, -0.1) is 0 Å². The summed E-state index contributed by atoms with van der Waals surface area (Å²) in [4.78, 5) is 14.9. The summed E-state index contributed by atoms with van der Waals surface area (Å²) in [5.41, 5.74) is 0.880. The smallest absolute Gasteiger partial charge is 0.231 e. The predicted octanol–water partition coefficient (Wildman–Crippen LogP) is 4.22. The van der Waals surface area contributed by atoms with Crippen LogP contribution >= 0.6 is 23.2 Å². The van der Waals surface area contributed by atoms with Crippen LogP contribution in [0.3, 0.4) is 0 Å². The third-order valence-electron chi connectivity index (χ3n) is 4.26. The molecule has 1 aliphatic heterocycles. The summed E-state index contributed by atoms with van der Waals surface area (Å²) < 4.78 is 5.52. The van der Waals surface area contributed by atoms with Gasteiger partial charge >= 0.3 is 0 Å². The maximum atomic E-state index is 6.22. The highest BCUT2D eigenvalue weighted by Crippen LogP contribution is 2.32. The molecule has 0 spiro atoms. The van der Waals surface area contributed by atoms with Gasteiger partial charge in [-0.3, -0.25) is 0 Å². The lowest BCUT2D eigenvalue weighted by Gasteiger charge is -2.32. The number of rotatable bonds is 3. The van der Waals surface area contributed by atoms with Crippen molar-refractivity contribution >= 4 is 29.0 Å². The molecule has 0 aliphatic carbocycles. The monoisotopic (exact) mass is 375 g/mol. The molecule has 0 N–H and O–H groups in total. The molecular weight excluding hydrogens is 361 g/mol. The van der Waals surface area contributed by atoms with Gasteiger partial charge in [0.2, 0.25) is 11.7 Å². The van der Waals surface area contributed by atoms with Crippen molar-refractivity contribution in [3.05, 3.63) is 52.7 Å². The summed E-state index contributed by atoms with van der Waals surface area (Å²) in [6.45, 7) is 1.63. The van der Waals surface area contributed by atoms with Crippen LogP contribution < -0.4 is 4.90 Å². The molecule has 4 rings (SSSR count). The summed E-state index contributed by atoms with van der Waals surface area (Å²) in [7, 11) is 0. The number of nitrogens with zero attached hydrogens (tertiary/aromatic N) is 5. The predicted molar refractivity (Wildman–Crippen MR) is 96.0 cm³/mol. The highest BCUT2D eigenvalue weighted by molar-refractivity contribution is 6.32. The average molecular weight is 376 g/mol. The van der Waals surface area contributed by atoms with Crippen molar-refractivity contribution in [3.63, 3.8) is 0 Å². The third kappa shape index (κ3) is 3.45. The minimum atomic E-state index is 0.147. The lowest BCUT2D eigenvalue weighted by molar-refractivity contribution is 0.333. The van der Waals surface area contributed by atoms with Crippen LogP contribution in [0.15, 0.2) is 41.3 Å². The van der Waals surface area contributed by atoms with Crippen molar-refractivity contribution in [3.8, 4) is 11.4 Å². The molecule has 0 amide bonds. The maximum Gasteiger partial charge on any atom is 0.231 e. The SMILES string of the molecule is Clc1ccc(-c2noc(C3CCCN(c4ncncc4Cl)C3)n2)cc1. The van der Waals surface area contributed by atoms with E-state index in [0.29, 0.717) is 21.8 Å². The molecule has 8 heteroatoms. The molecule has 128 valence electrons. The van der Waals surface area contributed by atoms with Crippen LogP contribution in [-0.2, 0) is 0 Å². The van der Waals surface area contributed by atoms with Gasteiger partial charge in [0.15, 0.2) is 5.82 Å². The Morgan fingerprint density at radius 2 is 2.00 bits per heavy atom. The number of piperidine rings is 1. The van der Waals surface area contributed by atoms with Gasteiger partial charge in [0.1, 0.15) is 11.3 Å². The lowest BCUT2D eigenvalue weighted by atomic mass is 9.98. The van der Waals surface area contributed by atoms with Crippen molar-refractivity contribution < 1.29 is 4.52 Å². The summed E-state index contributed by atoms with van der Waals surface area (Å²) in [6.07, 6.45) is 5.11. The summed E-state index contributed by atoms with van der Waals surface area (Å²) in [5, 5.41) is 5.34. The molecule has 1 aliphatic rings. The zero-order chi connectivity index (χ0) is 17.2. The van der Waals surface area contributed by atoms with Crippen LogP contribution in [0.25, 0.3) is 11.4 Å². The second-order valence-electron chi connectivity index (χ2n) is 5.94. The Kier molecular flexibility index (Phi) is 4.55. The zero-order valence-corrected chi connectivity index (χ0v) is 14.8. The molecule has 0 saturated carbocycles. The first kappa shape index (κ1) is 16.3. The van der Waals surface area contributed by atoms with Crippen LogP contribution in [0.5, 0.6) is 0 Å². The number of hydrogen-bond acceptors (Lipinski definition) is 6. The lowest BCUT2D eigenvalue weighted by Crippen LogP contribution is -2.35. The fourth-order valence-electron chi connectivity index (χ4n) is 3.03. The first-order valence-corrected chi connectivity index (χ1v) is 8.76. The normalized spacial score (nSPS) is 17.7. The standard InChI is InChI=1S/C17H15Cl2N5O/c18-13-5-3-11(4-6-13)15-22-17(25-23-15)12-2-1-7-24(9-12)16-14(19)8-20-10-21-16/h3-6,8,10,12H,1-2,7,9H2. The van der Waals surface area contributed by atoms with Crippen LogP contribution in [-0.4, -0.2) is 33.2 Å². The van der Waals surface area contributed by atoms with E-state index in [-0.39, 0.29) is 5.92 Å². The largest absolute Gasteiger partial charge is 0.354 e. The number of benzene rings is 1. The Bertz CT molecular complexity index is 867. The highest BCUT2D eigenvalue weighted by atomic mass is 35.5. The molecule has 3 aromatic rings. The minimum absolute atomic E-state index is 0.147. The van der Waals surface area contributed by atoms with E-state index in [1.54, 1.807) is 6.20 Å². The first-order valence-electron chi connectivity index (χ1n) is 8.00. The van der Waals surface area contributed by atoms with Gasteiger partial charge in [0.05, 0.1) is 12.1 Å². The topological polar surface area (TPSA) is 67.9 Å². The minimum Gasteiger partial charge on any atom is -0.354 e. The van der Waals surface area contributed by atoms with Crippen molar-refractivity contribution in [2.75, 3.05) is 18.0 Å². The second-order valence-corrected chi connectivity index (χ2v) is 6.79. The van der Waals surface area contributed by atoms with Gasteiger partial charge in [0.25, 0.3) is 0 Å². The van der Waals surface area contributed by atoms with Crippen LogP contribution in [0.4, 0.5) is 5.82 Å². The van der Waals surface area contributed by atoms with Crippen LogP contribution in [0, 0.1) is 0 Å². The molecule has 0 bridgehead atoms. The number of hydrogen-bond donors (Lipinski definition) is 0. The Morgan fingerprint density at radius 3 is 2.80 bits per heavy atom. The van der Waals surface area contributed by atoms with E-state index in [4.69, 9.17) is 27.7 Å². The van der Waals surface area contributed by atoms with Gasteiger partial charge in [-0.05, 0) is 37.1 Å². The van der Waals surface area contributed by atoms with Gasteiger partial charge in [0, 0.05) is 23.7 Å². The molecule has 1 aromatic carbocycles. The summed E-state index contributed by atoms with van der Waals surface area (Å²) in [6, 6.07) is 7.38. The van der Waals surface area contributed by atoms with E-state index in [2.05, 4.69) is 25.0 Å². The van der Waals surface area contributed by atoms with Gasteiger partial charge in [-0.1, -0.05) is 28.4 Å². The highest BCUT2D eigenvalue weighted by Gasteiger charge is 2.27. The molecule has 3 heterocycles. The molecule has 1 atom stereocenters. The molecular formula is C17H15Cl2N5O. The van der Waals surface area contributed by atoms with Crippen LogP contribution in [0.1, 0.15) is 24.7 Å². The van der Waals surface area contributed by atoms with E-state index < -0.39 is 0 Å². The van der Waals surface area contributed by atoms with E-state index in [0.717, 1.165) is 37.3 Å². The van der Waals surface area contributed by atoms with Gasteiger partial charge in [-0.25, -0.2) is 9.97 Å². The second kappa shape index (κ2) is 6.98. The van der Waals surface area contributed by atoms with Crippen molar-refractivity contribution in [1.82, 2.24) is 20.1 Å². The first-order chi connectivity index (χ1) is 12.2. The fourth-order valence-corrected chi connectivity index (χ4v) is 3.38. The molecule has 6 nitrogen and oxygen atoms in total. The Labute approximate surface area is 154 Å². The van der Waals surface area contributed by atoms with E-state index >= 15 is 0 Å². The van der Waals surface area contributed by atoms with Gasteiger partial charge < -0.3 is 9.42 Å². The number of halogens is 2. The zero-order valence-electron chi connectivity index (χ0n) is 13.3. The quantitative estimate of drug-likeness (QED) is 0.682. The van der Waals surface area contributed by atoms with E-state index in [9.17, 15) is 0 Å². The van der Waals surface area contributed by atoms with E-state index in [1.165, 1.54) is 6.33 Å². The molecule has 25 heavy (non-hydrogen) atoms. The van der Waals surface area contributed by atoms with E-state index in [1.807, 2.05) is 24.3 Å². The molecule has 1 saturated heterocycles. The van der Waals surface area contributed by atoms with Crippen molar-refractivity contribution in [1.29, 1.82) is 0 Å². The Hall–Kier alpha value is -2.18. The Balaban J connectivity index is 1.54. The maximum absolute atomic E-state index is 6.22. The fraction of sp³-hybridized carbons (Fsp3) is 0.294. The van der Waals surface area contributed by atoms with Crippen molar-refractivity contribution in [2.45, 2.75) is 18.8 Å². The number of anilines is 1. The molecule has 2 aromatic heterocycles. The third-order valence-corrected chi connectivity index (χ3v) is 4.78. The molecule has 0 radical (unpaired) electrons.